The predicted molar refractivity (Wildman–Crippen MR) is 53.5 cm³/mol. The number of hydrogen-bond acceptors (Lipinski definition) is 3. The summed E-state index contributed by atoms with van der Waals surface area (Å²) in [5.74, 6) is -3.63. The molecule has 0 aliphatic carbocycles. The van der Waals surface area contributed by atoms with Crippen LogP contribution in [0.4, 0.5) is 17.6 Å². The fraction of sp³-hybridized carbons (Fsp3) is 0.400. The molecule has 0 unspecified atom stereocenters. The lowest BCUT2D eigenvalue weighted by Crippen LogP contribution is -2.19. The van der Waals surface area contributed by atoms with Crippen molar-refractivity contribution in [2.75, 3.05) is 14.1 Å². The summed E-state index contributed by atoms with van der Waals surface area (Å²) in [4.78, 5) is 15.3. The zero-order chi connectivity index (χ0) is 14.1. The van der Waals surface area contributed by atoms with Gasteiger partial charge in [0.2, 0.25) is 0 Å². The SMILES string of the molecule is CN(C)Cc1cc(C(=O)O)c(F)c(C(F)(F)F)n1. The third-order valence-electron chi connectivity index (χ3n) is 1.99. The van der Waals surface area contributed by atoms with Crippen LogP contribution < -0.4 is 0 Å². The molecule has 0 aliphatic heterocycles. The number of halogens is 4. The molecule has 0 saturated carbocycles. The maximum absolute atomic E-state index is 13.4. The first-order valence-corrected chi connectivity index (χ1v) is 4.77. The van der Waals surface area contributed by atoms with Gasteiger partial charge in [-0.25, -0.2) is 14.2 Å². The van der Waals surface area contributed by atoms with Gasteiger partial charge in [0.1, 0.15) is 0 Å². The van der Waals surface area contributed by atoms with Gasteiger partial charge in [0.25, 0.3) is 0 Å². The van der Waals surface area contributed by atoms with E-state index < -0.39 is 29.2 Å². The summed E-state index contributed by atoms with van der Waals surface area (Å²) in [5.41, 5.74) is -3.00. The van der Waals surface area contributed by atoms with Crippen LogP contribution in [0.2, 0.25) is 0 Å². The van der Waals surface area contributed by atoms with Crippen molar-refractivity contribution in [1.82, 2.24) is 9.88 Å². The maximum Gasteiger partial charge on any atom is 0.436 e. The van der Waals surface area contributed by atoms with Crippen LogP contribution in [-0.4, -0.2) is 35.1 Å². The smallest absolute Gasteiger partial charge is 0.436 e. The lowest BCUT2D eigenvalue weighted by molar-refractivity contribution is -0.143. The summed E-state index contributed by atoms with van der Waals surface area (Å²) in [7, 11) is 3.14. The highest BCUT2D eigenvalue weighted by atomic mass is 19.4. The van der Waals surface area contributed by atoms with Crippen molar-refractivity contribution in [3.63, 3.8) is 0 Å². The molecule has 0 aliphatic rings. The molecule has 1 N–H and O–H groups in total. The van der Waals surface area contributed by atoms with Gasteiger partial charge in [-0.2, -0.15) is 13.2 Å². The van der Waals surface area contributed by atoms with Crippen LogP contribution in [-0.2, 0) is 12.7 Å². The van der Waals surface area contributed by atoms with Crippen molar-refractivity contribution < 1.29 is 27.5 Å². The van der Waals surface area contributed by atoms with Crippen LogP contribution in [0.25, 0.3) is 0 Å². The topological polar surface area (TPSA) is 53.4 Å². The number of nitrogens with zero attached hydrogens (tertiary/aromatic N) is 2. The number of carbonyl (C=O) groups is 1. The minimum Gasteiger partial charge on any atom is -0.478 e. The Kier molecular flexibility index (Phi) is 3.90. The summed E-state index contributed by atoms with van der Waals surface area (Å²) >= 11 is 0. The summed E-state index contributed by atoms with van der Waals surface area (Å²) < 4.78 is 50.9. The van der Waals surface area contributed by atoms with Crippen LogP contribution in [0.3, 0.4) is 0 Å². The van der Waals surface area contributed by atoms with E-state index in [1.807, 2.05) is 0 Å². The standard InChI is InChI=1S/C10H10F4N2O2/c1-16(2)4-5-3-6(9(17)18)7(11)8(15-5)10(12,13)14/h3H,4H2,1-2H3,(H,17,18). The van der Waals surface area contributed by atoms with Crippen molar-refractivity contribution in [3.05, 3.63) is 28.8 Å². The number of hydrogen-bond donors (Lipinski definition) is 1. The first-order chi connectivity index (χ1) is 8.12. The van der Waals surface area contributed by atoms with Crippen LogP contribution in [0.5, 0.6) is 0 Å². The summed E-state index contributed by atoms with van der Waals surface area (Å²) in [6.45, 7) is -0.0242. The molecule has 0 spiro atoms. The van der Waals surface area contributed by atoms with Crippen LogP contribution in [0.1, 0.15) is 21.7 Å². The zero-order valence-electron chi connectivity index (χ0n) is 9.55. The fourth-order valence-corrected chi connectivity index (χ4v) is 1.33. The van der Waals surface area contributed by atoms with E-state index in [9.17, 15) is 22.4 Å². The molecule has 1 rings (SSSR count). The molecule has 0 radical (unpaired) electrons. The number of rotatable bonds is 3. The fourth-order valence-electron chi connectivity index (χ4n) is 1.33. The molecule has 0 amide bonds. The van der Waals surface area contributed by atoms with E-state index in [2.05, 4.69) is 4.98 Å². The Morgan fingerprint density at radius 1 is 1.44 bits per heavy atom. The van der Waals surface area contributed by atoms with E-state index in [1.165, 1.54) is 4.90 Å². The molecule has 4 nitrogen and oxygen atoms in total. The molecule has 1 aromatic rings. The van der Waals surface area contributed by atoms with Gasteiger partial charge in [-0.1, -0.05) is 0 Å². The average Bonchev–Trinajstić information content (AvgIpc) is 2.17. The maximum atomic E-state index is 13.4. The molecular weight excluding hydrogens is 256 g/mol. The number of pyridine rings is 1. The molecule has 0 bridgehead atoms. The lowest BCUT2D eigenvalue weighted by atomic mass is 10.1. The molecule has 0 saturated heterocycles. The number of aromatic nitrogens is 1. The van der Waals surface area contributed by atoms with Gasteiger partial charge in [0.05, 0.1) is 11.3 Å². The molecule has 1 heterocycles. The molecule has 0 atom stereocenters. The van der Waals surface area contributed by atoms with Crippen molar-refractivity contribution in [3.8, 4) is 0 Å². The summed E-state index contributed by atoms with van der Waals surface area (Å²) in [5, 5.41) is 8.67. The largest absolute Gasteiger partial charge is 0.478 e. The Hall–Kier alpha value is -1.70. The second-order valence-corrected chi connectivity index (χ2v) is 3.86. The zero-order valence-corrected chi connectivity index (χ0v) is 9.55. The molecule has 1 aromatic heterocycles. The minimum atomic E-state index is -5.03. The highest BCUT2D eigenvalue weighted by Gasteiger charge is 2.38. The highest BCUT2D eigenvalue weighted by molar-refractivity contribution is 5.88. The van der Waals surface area contributed by atoms with E-state index in [1.54, 1.807) is 14.1 Å². The van der Waals surface area contributed by atoms with Gasteiger partial charge in [-0.3, -0.25) is 0 Å². The van der Waals surface area contributed by atoms with Crippen LogP contribution in [0.15, 0.2) is 6.07 Å². The van der Waals surface area contributed by atoms with Gasteiger partial charge >= 0.3 is 12.1 Å². The van der Waals surface area contributed by atoms with Crippen LogP contribution >= 0.6 is 0 Å². The second-order valence-electron chi connectivity index (χ2n) is 3.86. The third kappa shape index (κ3) is 3.16. The average molecular weight is 266 g/mol. The monoisotopic (exact) mass is 266 g/mol. The molecule has 100 valence electrons. The Morgan fingerprint density at radius 2 is 2.00 bits per heavy atom. The van der Waals surface area contributed by atoms with Gasteiger partial charge < -0.3 is 10.0 Å². The third-order valence-corrected chi connectivity index (χ3v) is 1.99. The number of carboxylic acid groups (broad SMARTS) is 1. The van der Waals surface area contributed by atoms with Gasteiger partial charge in [-0.15, -0.1) is 0 Å². The highest BCUT2D eigenvalue weighted by Crippen LogP contribution is 2.31. The number of aromatic carboxylic acids is 1. The Morgan fingerprint density at radius 3 is 2.39 bits per heavy atom. The Balaban J connectivity index is 3.42. The normalized spacial score (nSPS) is 11.9. The molecule has 18 heavy (non-hydrogen) atoms. The van der Waals surface area contributed by atoms with Crippen molar-refractivity contribution >= 4 is 5.97 Å². The van der Waals surface area contributed by atoms with E-state index in [-0.39, 0.29) is 12.2 Å². The van der Waals surface area contributed by atoms with E-state index >= 15 is 0 Å². The molecule has 8 heteroatoms. The van der Waals surface area contributed by atoms with E-state index in [4.69, 9.17) is 5.11 Å². The molecule has 0 fully saturated rings. The van der Waals surface area contributed by atoms with E-state index in [0.29, 0.717) is 0 Å². The Bertz CT molecular complexity index is 472. The lowest BCUT2D eigenvalue weighted by Gasteiger charge is -2.14. The quantitative estimate of drug-likeness (QED) is 0.850. The first-order valence-electron chi connectivity index (χ1n) is 4.77. The van der Waals surface area contributed by atoms with Gasteiger partial charge in [-0.05, 0) is 20.2 Å². The minimum absolute atomic E-state index is 0.0242. The van der Waals surface area contributed by atoms with Gasteiger partial charge in [0.15, 0.2) is 11.5 Å². The summed E-state index contributed by atoms with van der Waals surface area (Å²) in [6, 6.07) is 0.799. The predicted octanol–water partition coefficient (Wildman–Crippen LogP) is 2.00. The number of alkyl halides is 3. The van der Waals surface area contributed by atoms with Crippen molar-refractivity contribution in [2.45, 2.75) is 12.7 Å². The molecule has 0 aromatic carbocycles. The van der Waals surface area contributed by atoms with Gasteiger partial charge in [0, 0.05) is 6.54 Å². The summed E-state index contributed by atoms with van der Waals surface area (Å²) in [6.07, 6.45) is -5.03. The van der Waals surface area contributed by atoms with Crippen molar-refractivity contribution in [1.29, 1.82) is 0 Å². The van der Waals surface area contributed by atoms with E-state index in [0.717, 1.165) is 6.07 Å². The Labute approximate surface area is 99.9 Å². The number of carboxylic acids is 1. The van der Waals surface area contributed by atoms with Crippen LogP contribution in [0, 0.1) is 5.82 Å². The molecular formula is C10H10F4N2O2. The van der Waals surface area contributed by atoms with Crippen molar-refractivity contribution in [2.24, 2.45) is 0 Å². The second kappa shape index (κ2) is 4.89. The first kappa shape index (κ1) is 14.4.